The number of carbonyl (C=O) groups is 1. The highest BCUT2D eigenvalue weighted by atomic mass is 35.5. The van der Waals surface area contributed by atoms with E-state index in [9.17, 15) is 13.2 Å². The van der Waals surface area contributed by atoms with Crippen LogP contribution in [0.25, 0.3) is 0 Å². The molecule has 106 valence electrons. The Morgan fingerprint density at radius 2 is 1.89 bits per heavy atom. The summed E-state index contributed by atoms with van der Waals surface area (Å²) in [7, 11) is -3.72. The number of amides is 1. The number of hydrogen-bond donors (Lipinski definition) is 2. The molecule has 0 aliphatic rings. The number of hydrogen-bond acceptors (Lipinski definition) is 3. The molecule has 0 bridgehead atoms. The Hall–Kier alpha value is -1.11. The van der Waals surface area contributed by atoms with Crippen LogP contribution in [0.2, 0.25) is 5.02 Å². The van der Waals surface area contributed by atoms with Crippen molar-refractivity contribution in [2.75, 3.05) is 6.54 Å². The lowest BCUT2D eigenvalue weighted by Gasteiger charge is -2.14. The summed E-state index contributed by atoms with van der Waals surface area (Å²) >= 11 is 5.70. The molecule has 1 rings (SSSR count). The van der Waals surface area contributed by atoms with Crippen LogP contribution in [-0.2, 0) is 14.8 Å². The summed E-state index contributed by atoms with van der Waals surface area (Å²) in [6, 6.07) is 4.92. The fourth-order valence-electron chi connectivity index (χ4n) is 1.37. The lowest BCUT2D eigenvalue weighted by molar-refractivity contribution is -0.122. The number of rotatable bonds is 6. The standard InChI is InChI=1S/C12H17ClN2O3S/c1-3-8-14-12(16)9(2)15-19(17,18)11-6-4-10(13)5-7-11/h4-7,9,15H,3,8H2,1-2H3,(H,14,16)/t9-/m0/s1. The maximum Gasteiger partial charge on any atom is 0.241 e. The number of sulfonamides is 1. The summed E-state index contributed by atoms with van der Waals surface area (Å²) in [4.78, 5) is 11.7. The molecule has 7 heteroatoms. The lowest BCUT2D eigenvalue weighted by atomic mass is 10.3. The number of halogens is 1. The Bertz CT molecular complexity index is 528. The minimum absolute atomic E-state index is 0.0760. The summed E-state index contributed by atoms with van der Waals surface area (Å²) in [5, 5.41) is 3.08. The van der Waals surface area contributed by atoms with Crippen LogP contribution in [-0.4, -0.2) is 26.9 Å². The average Bonchev–Trinajstić information content (AvgIpc) is 2.35. The van der Waals surface area contributed by atoms with Crippen molar-refractivity contribution in [3.63, 3.8) is 0 Å². The van der Waals surface area contributed by atoms with Gasteiger partial charge in [0.15, 0.2) is 0 Å². The maximum absolute atomic E-state index is 12.0. The Morgan fingerprint density at radius 3 is 2.42 bits per heavy atom. The van der Waals surface area contributed by atoms with E-state index < -0.39 is 16.1 Å². The van der Waals surface area contributed by atoms with Crippen LogP contribution in [0.4, 0.5) is 0 Å². The quantitative estimate of drug-likeness (QED) is 0.837. The van der Waals surface area contributed by atoms with Gasteiger partial charge in [0, 0.05) is 11.6 Å². The van der Waals surface area contributed by atoms with Crippen LogP contribution in [0, 0.1) is 0 Å². The summed E-state index contributed by atoms with van der Waals surface area (Å²) in [5.41, 5.74) is 0. The Labute approximate surface area is 118 Å². The molecule has 1 amide bonds. The average molecular weight is 305 g/mol. The molecule has 0 saturated carbocycles. The third kappa shape index (κ3) is 4.81. The first-order chi connectivity index (χ1) is 8.86. The summed E-state index contributed by atoms with van der Waals surface area (Å²) in [6.45, 7) is 3.94. The van der Waals surface area contributed by atoms with E-state index in [4.69, 9.17) is 11.6 Å². The second kappa shape index (κ2) is 6.88. The van der Waals surface area contributed by atoms with Crippen molar-refractivity contribution in [3.05, 3.63) is 29.3 Å². The summed E-state index contributed by atoms with van der Waals surface area (Å²) in [6.07, 6.45) is 0.794. The Kier molecular flexibility index (Phi) is 5.78. The van der Waals surface area contributed by atoms with Crippen LogP contribution in [0.5, 0.6) is 0 Å². The summed E-state index contributed by atoms with van der Waals surface area (Å²) in [5.74, 6) is -0.348. The number of benzene rings is 1. The molecule has 0 unspecified atom stereocenters. The van der Waals surface area contributed by atoms with Gasteiger partial charge in [0.25, 0.3) is 0 Å². The highest BCUT2D eigenvalue weighted by Crippen LogP contribution is 2.14. The molecule has 1 aromatic rings. The van der Waals surface area contributed by atoms with Gasteiger partial charge in [0.05, 0.1) is 10.9 Å². The van der Waals surface area contributed by atoms with E-state index in [0.29, 0.717) is 11.6 Å². The predicted molar refractivity (Wildman–Crippen MR) is 74.5 cm³/mol. The molecule has 1 atom stereocenters. The lowest BCUT2D eigenvalue weighted by Crippen LogP contribution is -2.44. The minimum atomic E-state index is -3.72. The first-order valence-corrected chi connectivity index (χ1v) is 7.78. The van der Waals surface area contributed by atoms with E-state index in [2.05, 4.69) is 10.0 Å². The van der Waals surface area contributed by atoms with Gasteiger partial charge in [-0.15, -0.1) is 0 Å². The van der Waals surface area contributed by atoms with E-state index in [1.807, 2.05) is 6.92 Å². The van der Waals surface area contributed by atoms with E-state index in [-0.39, 0.29) is 10.8 Å². The molecule has 1 aromatic carbocycles. The van der Waals surface area contributed by atoms with E-state index in [1.165, 1.54) is 31.2 Å². The third-order valence-corrected chi connectivity index (χ3v) is 4.21. The summed E-state index contributed by atoms with van der Waals surface area (Å²) < 4.78 is 26.3. The molecule has 0 aromatic heterocycles. The van der Waals surface area contributed by atoms with Gasteiger partial charge in [-0.25, -0.2) is 8.42 Å². The van der Waals surface area contributed by atoms with Crippen LogP contribution < -0.4 is 10.0 Å². The van der Waals surface area contributed by atoms with Crippen molar-refractivity contribution in [2.24, 2.45) is 0 Å². The van der Waals surface area contributed by atoms with Gasteiger partial charge in [0.1, 0.15) is 0 Å². The molecule has 2 N–H and O–H groups in total. The molecule has 19 heavy (non-hydrogen) atoms. The zero-order valence-electron chi connectivity index (χ0n) is 10.8. The molecule has 0 fully saturated rings. The fourth-order valence-corrected chi connectivity index (χ4v) is 2.70. The zero-order valence-corrected chi connectivity index (χ0v) is 12.4. The molecule has 5 nitrogen and oxygen atoms in total. The predicted octanol–water partition coefficient (Wildman–Crippen LogP) is 1.53. The fraction of sp³-hybridized carbons (Fsp3) is 0.417. The molecular formula is C12H17ClN2O3S. The zero-order chi connectivity index (χ0) is 14.5. The van der Waals surface area contributed by atoms with Crippen molar-refractivity contribution >= 4 is 27.5 Å². The number of carbonyl (C=O) groups excluding carboxylic acids is 1. The highest BCUT2D eigenvalue weighted by Gasteiger charge is 2.21. The van der Waals surface area contributed by atoms with E-state index in [1.54, 1.807) is 0 Å². The second-order valence-electron chi connectivity index (χ2n) is 4.09. The first kappa shape index (κ1) is 15.9. The van der Waals surface area contributed by atoms with Gasteiger partial charge in [-0.05, 0) is 37.6 Å². The first-order valence-electron chi connectivity index (χ1n) is 5.92. The SMILES string of the molecule is CCCNC(=O)[C@H](C)NS(=O)(=O)c1ccc(Cl)cc1. The van der Waals surface area contributed by atoms with Crippen LogP contribution in [0.3, 0.4) is 0 Å². The molecule has 0 heterocycles. The van der Waals surface area contributed by atoms with E-state index in [0.717, 1.165) is 6.42 Å². The smallest absolute Gasteiger partial charge is 0.241 e. The van der Waals surface area contributed by atoms with Gasteiger partial charge in [-0.3, -0.25) is 4.79 Å². The van der Waals surface area contributed by atoms with Crippen molar-refractivity contribution < 1.29 is 13.2 Å². The second-order valence-corrected chi connectivity index (χ2v) is 6.24. The minimum Gasteiger partial charge on any atom is -0.355 e. The normalized spacial score (nSPS) is 13.0. The van der Waals surface area contributed by atoms with Gasteiger partial charge in [-0.2, -0.15) is 4.72 Å². The maximum atomic E-state index is 12.0. The molecular weight excluding hydrogens is 288 g/mol. The Balaban J connectivity index is 2.74. The molecule has 0 aliphatic carbocycles. The van der Waals surface area contributed by atoms with Crippen molar-refractivity contribution in [1.29, 1.82) is 0 Å². The Morgan fingerprint density at radius 1 is 1.32 bits per heavy atom. The van der Waals surface area contributed by atoms with Crippen LogP contribution >= 0.6 is 11.6 Å². The highest BCUT2D eigenvalue weighted by molar-refractivity contribution is 7.89. The van der Waals surface area contributed by atoms with Gasteiger partial charge < -0.3 is 5.32 Å². The van der Waals surface area contributed by atoms with Gasteiger partial charge in [-0.1, -0.05) is 18.5 Å². The van der Waals surface area contributed by atoms with Crippen LogP contribution in [0.15, 0.2) is 29.2 Å². The van der Waals surface area contributed by atoms with Crippen LogP contribution in [0.1, 0.15) is 20.3 Å². The third-order valence-electron chi connectivity index (χ3n) is 2.40. The molecule has 0 radical (unpaired) electrons. The van der Waals surface area contributed by atoms with Gasteiger partial charge >= 0.3 is 0 Å². The topological polar surface area (TPSA) is 75.3 Å². The van der Waals surface area contributed by atoms with Gasteiger partial charge in [0.2, 0.25) is 15.9 Å². The molecule has 0 aliphatic heterocycles. The largest absolute Gasteiger partial charge is 0.355 e. The molecule has 0 spiro atoms. The number of nitrogens with one attached hydrogen (secondary N) is 2. The van der Waals surface area contributed by atoms with Crippen molar-refractivity contribution in [1.82, 2.24) is 10.0 Å². The van der Waals surface area contributed by atoms with Crippen molar-refractivity contribution in [2.45, 2.75) is 31.2 Å². The molecule has 0 saturated heterocycles. The van der Waals surface area contributed by atoms with Crippen molar-refractivity contribution in [3.8, 4) is 0 Å². The monoisotopic (exact) mass is 304 g/mol. The van der Waals surface area contributed by atoms with E-state index >= 15 is 0 Å².